The van der Waals surface area contributed by atoms with Crippen molar-refractivity contribution in [1.29, 1.82) is 0 Å². The fourth-order valence-electron chi connectivity index (χ4n) is 1.32. The van der Waals surface area contributed by atoms with E-state index in [-0.39, 0.29) is 6.08 Å². The molecule has 1 unspecified atom stereocenters. The zero-order valence-electron chi connectivity index (χ0n) is 13.2. The number of sulfonamides is 1. The van der Waals surface area contributed by atoms with Crippen molar-refractivity contribution in [3.05, 3.63) is 12.7 Å². The van der Waals surface area contributed by atoms with Crippen molar-refractivity contribution in [3.8, 4) is 0 Å². The third kappa shape index (κ3) is 3.97. The SMILES string of the molecule is C=CC(=O)OC(F)(N(C)S(=O)(=O)C(F)(F)C(F)(F)C(F)(F)C(F)(F)F)C(F)(F)F. The number of carbonyl (C=O) groups excluding carboxylic acids is 1. The predicted molar refractivity (Wildman–Crippen MR) is 63.8 cm³/mol. The highest BCUT2D eigenvalue weighted by molar-refractivity contribution is 7.90. The van der Waals surface area contributed by atoms with E-state index < -0.39 is 62.8 Å². The van der Waals surface area contributed by atoms with Crippen LogP contribution in [0.1, 0.15) is 0 Å². The molecule has 19 heteroatoms. The van der Waals surface area contributed by atoms with Gasteiger partial charge in [-0.05, 0) is 0 Å². The highest BCUT2D eigenvalue weighted by Gasteiger charge is 2.87. The van der Waals surface area contributed by atoms with Gasteiger partial charge in [-0.3, -0.25) is 0 Å². The van der Waals surface area contributed by atoms with Gasteiger partial charge in [-0.1, -0.05) is 6.58 Å². The van der Waals surface area contributed by atoms with Crippen LogP contribution in [0.2, 0.25) is 0 Å². The second kappa shape index (κ2) is 7.17. The molecule has 0 saturated carbocycles. The third-order valence-electron chi connectivity index (χ3n) is 2.96. The van der Waals surface area contributed by atoms with Crippen molar-refractivity contribution < 1.29 is 75.0 Å². The summed E-state index contributed by atoms with van der Waals surface area (Å²) in [5.74, 6) is -24.5. The van der Waals surface area contributed by atoms with Crippen LogP contribution in [-0.2, 0) is 19.6 Å². The molecule has 0 aliphatic heterocycles. The van der Waals surface area contributed by atoms with E-state index in [1.54, 1.807) is 0 Å². The fraction of sp³-hybridized carbons (Fsp3) is 0.700. The van der Waals surface area contributed by atoms with Crippen LogP contribution in [0.4, 0.5) is 57.1 Å². The molecule has 0 aliphatic rings. The van der Waals surface area contributed by atoms with Gasteiger partial charge in [0.25, 0.3) is 10.0 Å². The Labute approximate surface area is 151 Å². The molecular formula is C10H6F13NO4S. The first-order valence-corrected chi connectivity index (χ1v) is 7.60. The van der Waals surface area contributed by atoms with Crippen molar-refractivity contribution in [1.82, 2.24) is 4.31 Å². The Morgan fingerprint density at radius 2 is 1.21 bits per heavy atom. The van der Waals surface area contributed by atoms with Gasteiger partial charge in [-0.25, -0.2) is 13.2 Å². The van der Waals surface area contributed by atoms with E-state index in [2.05, 4.69) is 11.3 Å². The summed E-state index contributed by atoms with van der Waals surface area (Å²) < 4.78 is 190. The van der Waals surface area contributed by atoms with Crippen LogP contribution in [0, 0.1) is 0 Å². The summed E-state index contributed by atoms with van der Waals surface area (Å²) in [6.45, 7) is 2.43. The average Bonchev–Trinajstić information content (AvgIpc) is 2.50. The minimum Gasteiger partial charge on any atom is -0.403 e. The van der Waals surface area contributed by atoms with Crippen molar-refractivity contribution in [2.45, 2.75) is 35.4 Å². The molecule has 0 aromatic rings. The molecule has 0 spiro atoms. The Balaban J connectivity index is 6.72. The number of hydrogen-bond acceptors (Lipinski definition) is 4. The average molecular weight is 483 g/mol. The van der Waals surface area contributed by atoms with Gasteiger partial charge < -0.3 is 4.74 Å². The van der Waals surface area contributed by atoms with Crippen LogP contribution in [0.25, 0.3) is 0 Å². The topological polar surface area (TPSA) is 63.7 Å². The summed E-state index contributed by atoms with van der Waals surface area (Å²) in [4.78, 5) is 10.7. The molecule has 172 valence electrons. The van der Waals surface area contributed by atoms with Gasteiger partial charge in [0.15, 0.2) is 0 Å². The Hall–Kier alpha value is -1.79. The van der Waals surface area contributed by atoms with Crippen LogP contribution in [0.15, 0.2) is 12.7 Å². The minimum absolute atomic E-state index is 0.287. The first kappa shape index (κ1) is 27.2. The lowest BCUT2D eigenvalue weighted by Gasteiger charge is -2.38. The number of nitrogens with zero attached hydrogens (tertiary/aromatic N) is 1. The van der Waals surface area contributed by atoms with Crippen LogP contribution in [0.5, 0.6) is 0 Å². The summed E-state index contributed by atoms with van der Waals surface area (Å²) >= 11 is 0. The fourth-order valence-corrected chi connectivity index (χ4v) is 2.57. The maximum atomic E-state index is 14.0. The highest BCUT2D eigenvalue weighted by atomic mass is 32.2. The summed E-state index contributed by atoms with van der Waals surface area (Å²) in [6, 6.07) is 0. The highest BCUT2D eigenvalue weighted by Crippen LogP contribution is 2.56. The number of carbonyl (C=O) groups is 1. The second-order valence-corrected chi connectivity index (χ2v) is 6.83. The van der Waals surface area contributed by atoms with Gasteiger partial charge in [0, 0.05) is 13.1 Å². The first-order valence-electron chi connectivity index (χ1n) is 6.16. The van der Waals surface area contributed by atoms with Crippen molar-refractivity contribution in [2.75, 3.05) is 7.05 Å². The monoisotopic (exact) mass is 483 g/mol. The number of alkyl halides is 13. The number of esters is 1. The smallest absolute Gasteiger partial charge is 0.403 e. The molecule has 0 saturated heterocycles. The largest absolute Gasteiger partial charge is 0.478 e. The molecule has 0 fully saturated rings. The Bertz CT molecular complexity index is 757. The van der Waals surface area contributed by atoms with Crippen LogP contribution < -0.4 is 0 Å². The molecule has 0 heterocycles. The number of rotatable bonds is 7. The van der Waals surface area contributed by atoms with Gasteiger partial charge in [0.1, 0.15) is 0 Å². The van der Waals surface area contributed by atoms with Crippen LogP contribution >= 0.6 is 0 Å². The van der Waals surface area contributed by atoms with E-state index in [0.717, 1.165) is 0 Å². The first-order chi connectivity index (χ1) is 12.4. The molecule has 0 rings (SSSR count). The molecule has 29 heavy (non-hydrogen) atoms. The standard InChI is InChI=1S/C10H6F13NO4S/c1-3-4(25)28-10(23,8(18,19)20)24(2)29(26,27)9(21,22)6(13,14)5(11,12)7(15,16)17/h3H,1H2,2H3. The molecule has 0 aromatic heterocycles. The van der Waals surface area contributed by atoms with Gasteiger partial charge >= 0.3 is 41.4 Å². The molecular weight excluding hydrogens is 477 g/mol. The predicted octanol–water partition coefficient (Wildman–Crippen LogP) is 3.59. The van der Waals surface area contributed by atoms with Crippen molar-refractivity contribution in [3.63, 3.8) is 0 Å². The van der Waals surface area contributed by atoms with E-state index in [4.69, 9.17) is 0 Å². The zero-order chi connectivity index (χ0) is 24.1. The van der Waals surface area contributed by atoms with Gasteiger partial charge in [-0.2, -0.15) is 57.1 Å². The third-order valence-corrected chi connectivity index (χ3v) is 4.82. The Morgan fingerprint density at radius 3 is 1.48 bits per heavy atom. The number of halogens is 13. The lowest BCUT2D eigenvalue weighted by Crippen LogP contribution is -2.68. The van der Waals surface area contributed by atoms with E-state index >= 15 is 0 Å². The molecule has 0 aromatic carbocycles. The lowest BCUT2D eigenvalue weighted by atomic mass is 10.1. The summed E-state index contributed by atoms with van der Waals surface area (Å²) in [6.07, 6.45) is -14.6. The summed E-state index contributed by atoms with van der Waals surface area (Å²) in [7, 11) is -9.01. The van der Waals surface area contributed by atoms with Gasteiger partial charge in [0.05, 0.1) is 0 Å². The minimum atomic E-state index is -8.07. The van der Waals surface area contributed by atoms with E-state index in [0.29, 0.717) is 0 Å². The summed E-state index contributed by atoms with van der Waals surface area (Å²) in [5.41, 5.74) is 0. The van der Waals surface area contributed by atoms with E-state index in [1.165, 1.54) is 0 Å². The Morgan fingerprint density at radius 1 is 0.828 bits per heavy atom. The normalized spacial score (nSPS) is 17.1. The molecule has 0 N–H and O–H groups in total. The van der Waals surface area contributed by atoms with Crippen molar-refractivity contribution >= 4 is 16.0 Å². The van der Waals surface area contributed by atoms with Gasteiger partial charge in [-0.15, -0.1) is 4.31 Å². The maximum Gasteiger partial charge on any atom is 0.478 e. The lowest BCUT2D eigenvalue weighted by molar-refractivity contribution is -0.384. The molecule has 5 nitrogen and oxygen atoms in total. The molecule has 0 radical (unpaired) electrons. The second-order valence-electron chi connectivity index (χ2n) is 4.82. The number of hydrogen-bond donors (Lipinski definition) is 0. The van der Waals surface area contributed by atoms with E-state index in [1.807, 2.05) is 0 Å². The molecule has 1 atom stereocenters. The Kier molecular flexibility index (Phi) is 6.72. The summed E-state index contributed by atoms with van der Waals surface area (Å²) in [5, 5.41) is -7.70. The van der Waals surface area contributed by atoms with Crippen LogP contribution in [0.3, 0.4) is 0 Å². The number of ether oxygens (including phenoxy) is 1. The van der Waals surface area contributed by atoms with Gasteiger partial charge in [0.2, 0.25) is 0 Å². The van der Waals surface area contributed by atoms with Crippen LogP contribution in [-0.4, -0.2) is 61.2 Å². The molecule has 0 bridgehead atoms. The maximum absolute atomic E-state index is 14.0. The zero-order valence-corrected chi connectivity index (χ0v) is 14.0. The quantitative estimate of drug-likeness (QED) is 0.183. The van der Waals surface area contributed by atoms with Crippen molar-refractivity contribution in [2.24, 2.45) is 0 Å². The van der Waals surface area contributed by atoms with E-state index in [9.17, 15) is 70.3 Å². The molecule has 0 amide bonds. The molecule has 0 aliphatic carbocycles.